The van der Waals surface area contributed by atoms with Crippen molar-refractivity contribution in [1.82, 2.24) is 20.3 Å². The van der Waals surface area contributed by atoms with E-state index in [1.165, 1.54) is 13.4 Å². The zero-order valence-electron chi connectivity index (χ0n) is 23.5. The minimum Gasteiger partial charge on any atom is -0.394 e. The summed E-state index contributed by atoms with van der Waals surface area (Å²) in [4.78, 5) is 21.6. The summed E-state index contributed by atoms with van der Waals surface area (Å²) in [6, 6.07) is -0.592. The number of hydrogen-bond acceptors (Lipinski definition) is 17. The Kier molecular flexibility index (Phi) is 9.33. The van der Waals surface area contributed by atoms with E-state index in [1.54, 1.807) is 20.2 Å². The first-order valence-corrected chi connectivity index (χ1v) is 17.4. The molecule has 2 saturated heterocycles. The molecule has 4 heterocycles. The van der Waals surface area contributed by atoms with Gasteiger partial charge in [0.1, 0.15) is 29.7 Å². The average Bonchev–Trinajstić information content (AvgIpc) is 3.53. The van der Waals surface area contributed by atoms with Crippen LogP contribution in [-0.2, 0) is 36.7 Å². The number of aromatic amines is 1. The molecule has 10 N–H and O–H groups in total. The van der Waals surface area contributed by atoms with E-state index in [9.17, 15) is 39.6 Å². The zero-order valence-corrected chi connectivity index (χ0v) is 26.2. The normalized spacial score (nSPS) is 40.3. The minimum atomic E-state index is -5.33. The number of methoxy groups -OCH3 is 1. The van der Waals surface area contributed by atoms with E-state index in [0.29, 0.717) is 16.6 Å². The third-order valence-electron chi connectivity index (χ3n) is 8.46. The van der Waals surface area contributed by atoms with Gasteiger partial charge in [-0.3, -0.25) is 9.05 Å². The quantitative estimate of drug-likeness (QED) is 0.0899. The highest BCUT2D eigenvalue weighted by atomic mass is 32.7. The minimum absolute atomic E-state index is 0.227. The number of nitrogens with zero attached hydrogens (tertiary/aromatic N) is 2. The molecule has 1 aliphatic carbocycles. The predicted octanol–water partition coefficient (Wildman–Crippen LogP) is -1.47. The van der Waals surface area contributed by atoms with Crippen molar-refractivity contribution in [3.63, 3.8) is 0 Å². The summed E-state index contributed by atoms with van der Waals surface area (Å²) >= 11 is 3.78. The van der Waals surface area contributed by atoms with Gasteiger partial charge in [-0.25, -0.2) is 19.1 Å². The Morgan fingerprint density at radius 3 is 2.64 bits per heavy atom. The summed E-state index contributed by atoms with van der Waals surface area (Å²) in [7, 11) is -2.21. The lowest BCUT2D eigenvalue weighted by atomic mass is 9.86. The van der Waals surface area contributed by atoms with Crippen LogP contribution in [0.25, 0.3) is 11.0 Å². The zero-order chi connectivity index (χ0) is 32.4. The van der Waals surface area contributed by atoms with Gasteiger partial charge in [0.25, 0.3) is 0 Å². The number of nitrogen functional groups attached to an aromatic ring is 1. The Morgan fingerprint density at radius 2 is 2.00 bits per heavy atom. The Hall–Kier alpha value is -1.29. The molecule has 0 bridgehead atoms. The van der Waals surface area contributed by atoms with E-state index in [1.807, 2.05) is 0 Å². The van der Waals surface area contributed by atoms with Crippen LogP contribution in [0, 0.1) is 11.8 Å². The fourth-order valence-corrected chi connectivity index (χ4v) is 9.52. The summed E-state index contributed by atoms with van der Waals surface area (Å²) in [5.41, 5.74) is 6.48. The van der Waals surface area contributed by atoms with Gasteiger partial charge in [0.2, 0.25) is 0 Å². The highest BCUT2D eigenvalue weighted by Crippen LogP contribution is 2.68. The maximum Gasteiger partial charge on any atom is 0.482 e. The maximum absolute atomic E-state index is 13.0. The van der Waals surface area contributed by atoms with Crippen LogP contribution >= 0.6 is 26.9 Å². The fourth-order valence-electron chi connectivity index (χ4n) is 6.34. The first-order valence-electron chi connectivity index (χ1n) is 13.2. The number of nitrogens with one attached hydrogen (secondary N) is 2. The van der Waals surface area contributed by atoms with Crippen LogP contribution in [0.2, 0.25) is 0 Å². The molecule has 5 rings (SSSR count). The topological polar surface area (TPSA) is 291 Å². The lowest BCUT2D eigenvalue weighted by molar-refractivity contribution is -0.427. The summed E-state index contributed by atoms with van der Waals surface area (Å²) in [5, 5.41) is 53.5. The van der Waals surface area contributed by atoms with E-state index in [2.05, 4.69) is 32.5 Å². The predicted molar refractivity (Wildman–Crippen MR) is 151 cm³/mol. The number of anilines is 1. The number of phosphoric ester groups is 1. The lowest BCUT2D eigenvalue weighted by Gasteiger charge is -2.49. The molecule has 22 heteroatoms. The van der Waals surface area contributed by atoms with Crippen LogP contribution in [0.1, 0.15) is 18.6 Å². The van der Waals surface area contributed by atoms with Crippen LogP contribution in [0.5, 0.6) is 0 Å². The molecule has 0 aromatic carbocycles. The summed E-state index contributed by atoms with van der Waals surface area (Å²) in [5.74, 6) is -5.27. The molecule has 8 unspecified atom stereocenters. The second-order valence-corrected chi connectivity index (χ2v) is 15.3. The van der Waals surface area contributed by atoms with E-state index in [0.717, 1.165) is 0 Å². The molecule has 3 aliphatic rings. The fraction of sp³-hybridized carbons (Fsp3) is 0.727. The van der Waals surface area contributed by atoms with Gasteiger partial charge < -0.3 is 60.7 Å². The van der Waals surface area contributed by atoms with Crippen molar-refractivity contribution in [2.75, 3.05) is 33.1 Å². The number of thiol groups is 1. The smallest absolute Gasteiger partial charge is 0.394 e. The molecule has 19 nitrogen and oxygen atoms in total. The average molecular weight is 688 g/mol. The number of phosphoric acid groups is 1. The Morgan fingerprint density at radius 1 is 1.30 bits per heavy atom. The van der Waals surface area contributed by atoms with Gasteiger partial charge in [-0.2, -0.15) is 4.31 Å². The van der Waals surface area contributed by atoms with Gasteiger partial charge in [0, 0.05) is 18.9 Å². The van der Waals surface area contributed by atoms with Gasteiger partial charge in [0.15, 0.2) is 17.9 Å². The SMILES string of the molecule is CN[C@@H]1[C@@H](COP(=O)(S)OP(=O)(O)OC2OC3(O)C2C(O)C(O)C3[C@@H](O)CO)O[C@@H](c2c[nH]c3c(N)ncnc23)[C@]1(C)OC. The molecule has 0 radical (unpaired) electrons. The number of hydrogen-bond donors (Lipinski definition) is 10. The number of aromatic nitrogens is 3. The molecule has 3 fully saturated rings. The Labute approximate surface area is 255 Å². The maximum atomic E-state index is 13.0. The molecule has 0 spiro atoms. The highest BCUT2D eigenvalue weighted by molar-refractivity contribution is 8.45. The number of H-pyrrole nitrogens is 1. The summed E-state index contributed by atoms with van der Waals surface area (Å²) in [6.07, 6.45) is -5.78. The van der Waals surface area contributed by atoms with E-state index < -0.39 is 93.9 Å². The third kappa shape index (κ3) is 5.64. The highest BCUT2D eigenvalue weighted by Gasteiger charge is 2.73. The van der Waals surface area contributed by atoms with Crippen LogP contribution in [0.15, 0.2) is 12.5 Å². The molecule has 2 aliphatic heterocycles. The second-order valence-electron chi connectivity index (χ2n) is 10.9. The van der Waals surface area contributed by atoms with Crippen molar-refractivity contribution in [3.8, 4) is 0 Å². The van der Waals surface area contributed by atoms with Crippen molar-refractivity contribution in [2.45, 2.75) is 61.2 Å². The van der Waals surface area contributed by atoms with E-state index in [-0.39, 0.29) is 5.82 Å². The first kappa shape index (κ1) is 34.1. The number of aliphatic hydroxyl groups is 5. The number of likely N-dealkylation sites (N-methyl/N-ethyl adjacent to an activating group) is 1. The number of ether oxygens (including phenoxy) is 3. The van der Waals surface area contributed by atoms with Gasteiger partial charge in [0.05, 0.1) is 54.9 Å². The van der Waals surface area contributed by atoms with Crippen molar-refractivity contribution < 1.29 is 67.1 Å². The van der Waals surface area contributed by atoms with Crippen molar-refractivity contribution >= 4 is 43.7 Å². The van der Waals surface area contributed by atoms with Crippen LogP contribution < -0.4 is 11.1 Å². The van der Waals surface area contributed by atoms with Gasteiger partial charge >= 0.3 is 14.6 Å². The molecular weight excluding hydrogens is 652 g/mol. The molecular formula is C22H35N5O14P2S. The second kappa shape index (κ2) is 12.1. The number of nitrogens with two attached hydrogens (primary N) is 1. The molecule has 44 heavy (non-hydrogen) atoms. The van der Waals surface area contributed by atoms with Gasteiger partial charge in [-0.15, -0.1) is 0 Å². The number of aliphatic hydroxyl groups excluding tert-OH is 4. The first-order chi connectivity index (χ1) is 20.5. The molecule has 2 aromatic heterocycles. The van der Waals surface area contributed by atoms with Gasteiger partial charge in [-0.05, 0) is 14.0 Å². The van der Waals surface area contributed by atoms with E-state index in [4.69, 9.17) is 33.3 Å². The van der Waals surface area contributed by atoms with Crippen LogP contribution in [0.4, 0.5) is 5.82 Å². The van der Waals surface area contributed by atoms with Gasteiger partial charge in [-0.1, -0.05) is 12.2 Å². The van der Waals surface area contributed by atoms with Crippen LogP contribution in [-0.4, -0.2) is 121 Å². The molecule has 248 valence electrons. The standard InChI is InChI=1S/C22H35N5O14P2S/c1-21(36-3)17(24-2)10(38-18(21)8-4-25-14-13(8)26-7-27-19(14)23)6-37-43(35,44)41-42(33,34)40-20-12-16(31)15(30)11(9(29)5-28)22(12,32)39-20/h4,7,9-12,15-18,20,24-25,28-32H,5-6H2,1-3H3,(H,33,34)(H,35,44)(H2,23,26,27)/t9-,10+,11?,12?,15?,16?,17+,18-,20?,21+,22?,43?/m0/s1. The molecule has 2 aromatic rings. The number of fused-ring (bicyclic) bond motifs is 2. The van der Waals surface area contributed by atoms with Crippen molar-refractivity contribution in [2.24, 2.45) is 11.8 Å². The third-order valence-corrected chi connectivity index (χ3v) is 12.1. The molecule has 13 atom stereocenters. The largest absolute Gasteiger partial charge is 0.482 e. The molecule has 0 amide bonds. The summed E-state index contributed by atoms with van der Waals surface area (Å²) in [6.45, 7) is -4.25. The Bertz CT molecular complexity index is 1470. The lowest BCUT2D eigenvalue weighted by Crippen LogP contribution is -2.64. The monoisotopic (exact) mass is 687 g/mol. The molecule has 1 saturated carbocycles. The van der Waals surface area contributed by atoms with Crippen molar-refractivity contribution in [1.29, 1.82) is 0 Å². The number of rotatable bonds is 12. The van der Waals surface area contributed by atoms with Crippen molar-refractivity contribution in [3.05, 3.63) is 18.1 Å². The Balaban J connectivity index is 1.25. The summed E-state index contributed by atoms with van der Waals surface area (Å²) < 4.78 is 57.8. The van der Waals surface area contributed by atoms with E-state index >= 15 is 0 Å². The van der Waals surface area contributed by atoms with Crippen LogP contribution in [0.3, 0.4) is 0 Å².